The number of amides is 3. The molecule has 1 saturated heterocycles. The molecule has 0 aromatic rings. The first kappa shape index (κ1) is 11.2. The van der Waals surface area contributed by atoms with Gasteiger partial charge in [0.1, 0.15) is 0 Å². The first-order valence-corrected chi connectivity index (χ1v) is 4.52. The maximum Gasteiger partial charge on any atom is 0.402 e. The summed E-state index contributed by atoms with van der Waals surface area (Å²) in [6, 6.07) is 0. The van der Waals surface area contributed by atoms with Crippen LogP contribution in [0.15, 0.2) is 12.2 Å². The smallest absolute Gasteiger partial charge is 0.402 e. The number of carbonyl (C=O) groups excluding carboxylic acids is 2. The van der Waals surface area contributed by atoms with E-state index in [4.69, 9.17) is 9.90 Å². The molecule has 0 aromatic heterocycles. The molecule has 1 fully saturated rings. The Kier molecular flexibility index (Phi) is 3.43. The van der Waals surface area contributed by atoms with Crippen LogP contribution in [0.1, 0.15) is 12.8 Å². The van der Waals surface area contributed by atoms with Gasteiger partial charge in [-0.25, -0.2) is 4.79 Å². The summed E-state index contributed by atoms with van der Waals surface area (Å²) in [5.74, 6) is -0.468. The molecule has 0 bridgehead atoms. The molecule has 0 aromatic carbocycles. The summed E-state index contributed by atoms with van der Waals surface area (Å²) in [6.45, 7) is 0. The second-order valence-corrected chi connectivity index (χ2v) is 3.33. The predicted molar refractivity (Wildman–Crippen MR) is 50.7 cm³/mol. The van der Waals surface area contributed by atoms with E-state index in [-0.39, 0.29) is 23.7 Å². The summed E-state index contributed by atoms with van der Waals surface area (Å²) in [6.07, 6.45) is 4.22. The molecule has 6 heteroatoms. The van der Waals surface area contributed by atoms with Crippen LogP contribution in [0.25, 0.3) is 0 Å². The molecule has 3 amide bonds. The Hall–Kier alpha value is -1.85. The topological polar surface area (TPSA) is 109 Å². The highest BCUT2D eigenvalue weighted by Gasteiger charge is 2.40. The molecule has 15 heavy (non-hydrogen) atoms. The molecule has 0 saturated carbocycles. The fraction of sp³-hybridized carbons (Fsp3) is 0.444. The van der Waals surface area contributed by atoms with Crippen molar-refractivity contribution in [3.05, 3.63) is 12.2 Å². The number of fused-ring (bicyclic) bond motifs is 1. The van der Waals surface area contributed by atoms with E-state index >= 15 is 0 Å². The number of nitrogens with one attached hydrogen (secondary N) is 1. The van der Waals surface area contributed by atoms with Gasteiger partial charge in [0.25, 0.3) is 0 Å². The van der Waals surface area contributed by atoms with E-state index in [0.29, 0.717) is 0 Å². The van der Waals surface area contributed by atoms with Gasteiger partial charge in [0.15, 0.2) is 0 Å². The molecule has 1 aliphatic heterocycles. The Morgan fingerprint density at radius 1 is 1.47 bits per heavy atom. The largest absolute Gasteiger partial charge is 0.465 e. The van der Waals surface area contributed by atoms with Gasteiger partial charge in [-0.1, -0.05) is 12.2 Å². The number of allylic oxidation sites excluding steroid dienone is 1. The second kappa shape index (κ2) is 4.59. The molecular weight excluding hydrogens is 200 g/mol. The standard InChI is InChI=1S/C8H9NO2.CH3NO2/c10-7-5-3-1-2-4-6(5)8(11)9-7;2-1(3)4/h1,3,5-6H,2,4H2,(H,9,10,11);2H2,(H,3,4). The summed E-state index contributed by atoms with van der Waals surface area (Å²) < 4.78 is 0. The lowest BCUT2D eigenvalue weighted by atomic mass is 9.86. The van der Waals surface area contributed by atoms with Crippen LogP contribution in [0.2, 0.25) is 0 Å². The second-order valence-electron chi connectivity index (χ2n) is 3.33. The van der Waals surface area contributed by atoms with Gasteiger partial charge in [0.2, 0.25) is 11.8 Å². The van der Waals surface area contributed by atoms with E-state index in [1.165, 1.54) is 0 Å². The number of carbonyl (C=O) groups is 3. The quantitative estimate of drug-likeness (QED) is 0.383. The van der Waals surface area contributed by atoms with E-state index < -0.39 is 6.09 Å². The van der Waals surface area contributed by atoms with Crippen molar-refractivity contribution in [2.75, 3.05) is 0 Å². The van der Waals surface area contributed by atoms with Gasteiger partial charge in [-0.3, -0.25) is 14.9 Å². The lowest BCUT2D eigenvalue weighted by Gasteiger charge is -2.14. The fourth-order valence-electron chi connectivity index (χ4n) is 1.69. The number of rotatable bonds is 0. The molecule has 6 nitrogen and oxygen atoms in total. The van der Waals surface area contributed by atoms with Crippen LogP contribution in [0.3, 0.4) is 0 Å². The molecule has 82 valence electrons. The maximum absolute atomic E-state index is 11.1. The number of carboxylic acid groups (broad SMARTS) is 1. The van der Waals surface area contributed by atoms with Crippen molar-refractivity contribution in [1.82, 2.24) is 5.32 Å². The van der Waals surface area contributed by atoms with E-state index in [1.807, 2.05) is 12.2 Å². The van der Waals surface area contributed by atoms with Crippen molar-refractivity contribution in [3.63, 3.8) is 0 Å². The van der Waals surface area contributed by atoms with Gasteiger partial charge >= 0.3 is 6.09 Å². The Morgan fingerprint density at radius 3 is 2.60 bits per heavy atom. The van der Waals surface area contributed by atoms with Crippen LogP contribution in [0.4, 0.5) is 4.79 Å². The van der Waals surface area contributed by atoms with Crippen molar-refractivity contribution in [1.29, 1.82) is 0 Å². The van der Waals surface area contributed by atoms with E-state index in [0.717, 1.165) is 12.8 Å². The summed E-state index contributed by atoms with van der Waals surface area (Å²) in [5.41, 5.74) is 4.03. The molecule has 1 heterocycles. The van der Waals surface area contributed by atoms with Gasteiger partial charge in [0, 0.05) is 0 Å². The van der Waals surface area contributed by atoms with Crippen molar-refractivity contribution in [3.8, 4) is 0 Å². The minimum absolute atomic E-state index is 0.0764. The third-order valence-electron chi connectivity index (χ3n) is 2.31. The van der Waals surface area contributed by atoms with E-state index in [9.17, 15) is 9.59 Å². The fourth-order valence-corrected chi connectivity index (χ4v) is 1.69. The van der Waals surface area contributed by atoms with Crippen LogP contribution < -0.4 is 11.1 Å². The van der Waals surface area contributed by atoms with Gasteiger partial charge in [0.05, 0.1) is 11.8 Å². The molecule has 0 radical (unpaired) electrons. The normalized spacial score (nSPS) is 27.5. The Balaban J connectivity index is 0.000000245. The van der Waals surface area contributed by atoms with Gasteiger partial charge < -0.3 is 10.8 Å². The third kappa shape index (κ3) is 2.80. The Bertz CT molecular complexity index is 320. The van der Waals surface area contributed by atoms with Crippen LogP contribution in [-0.4, -0.2) is 23.0 Å². The highest BCUT2D eigenvalue weighted by Crippen LogP contribution is 2.28. The summed E-state index contributed by atoms with van der Waals surface area (Å²) >= 11 is 0. The van der Waals surface area contributed by atoms with E-state index in [2.05, 4.69) is 11.1 Å². The van der Waals surface area contributed by atoms with Gasteiger partial charge in [-0.15, -0.1) is 0 Å². The minimum Gasteiger partial charge on any atom is -0.465 e. The molecule has 2 atom stereocenters. The Labute approximate surface area is 86.1 Å². The highest BCUT2D eigenvalue weighted by molar-refractivity contribution is 6.06. The maximum atomic E-state index is 11.1. The van der Waals surface area contributed by atoms with Crippen molar-refractivity contribution < 1.29 is 19.5 Å². The molecule has 2 unspecified atom stereocenters. The average Bonchev–Trinajstić information content (AvgIpc) is 2.43. The summed E-state index contributed by atoms with van der Waals surface area (Å²) in [5, 5.41) is 9.52. The molecule has 0 spiro atoms. The number of hydrogen-bond acceptors (Lipinski definition) is 3. The van der Waals surface area contributed by atoms with Gasteiger partial charge in [-0.2, -0.15) is 0 Å². The zero-order valence-electron chi connectivity index (χ0n) is 7.97. The monoisotopic (exact) mass is 212 g/mol. The highest BCUT2D eigenvalue weighted by atomic mass is 16.4. The zero-order valence-corrected chi connectivity index (χ0v) is 7.97. The number of imide groups is 1. The number of primary amides is 1. The summed E-state index contributed by atoms with van der Waals surface area (Å²) in [7, 11) is 0. The van der Waals surface area contributed by atoms with Gasteiger partial charge in [-0.05, 0) is 12.8 Å². The minimum atomic E-state index is -1.33. The number of hydrogen-bond donors (Lipinski definition) is 3. The molecular formula is C9H12N2O4. The third-order valence-corrected chi connectivity index (χ3v) is 2.31. The predicted octanol–water partition coefficient (Wildman–Crippen LogP) is -0.152. The molecule has 4 N–H and O–H groups in total. The Morgan fingerprint density at radius 2 is 2.07 bits per heavy atom. The molecule has 1 aliphatic carbocycles. The van der Waals surface area contributed by atoms with Crippen LogP contribution in [0.5, 0.6) is 0 Å². The molecule has 2 aliphatic rings. The summed E-state index contributed by atoms with van der Waals surface area (Å²) in [4.78, 5) is 30.9. The van der Waals surface area contributed by atoms with E-state index in [1.54, 1.807) is 0 Å². The van der Waals surface area contributed by atoms with Crippen molar-refractivity contribution in [2.24, 2.45) is 17.6 Å². The van der Waals surface area contributed by atoms with Crippen LogP contribution in [0, 0.1) is 11.8 Å². The zero-order chi connectivity index (χ0) is 11.4. The lowest BCUT2D eigenvalue weighted by molar-refractivity contribution is -0.126. The first-order chi connectivity index (χ1) is 7.02. The average molecular weight is 212 g/mol. The first-order valence-electron chi connectivity index (χ1n) is 4.52. The van der Waals surface area contributed by atoms with Crippen LogP contribution in [-0.2, 0) is 9.59 Å². The van der Waals surface area contributed by atoms with Crippen LogP contribution >= 0.6 is 0 Å². The van der Waals surface area contributed by atoms with Crippen molar-refractivity contribution in [2.45, 2.75) is 12.8 Å². The SMILES string of the molecule is NC(=O)O.O=C1NC(=O)C2CCC=CC12. The number of nitrogens with two attached hydrogens (primary N) is 1. The molecule has 2 rings (SSSR count). The van der Waals surface area contributed by atoms with Crippen molar-refractivity contribution >= 4 is 17.9 Å². The lowest BCUT2D eigenvalue weighted by Crippen LogP contribution is -2.21.